The molecule has 3 rings (SSSR count). The van der Waals surface area contributed by atoms with Crippen molar-refractivity contribution in [1.29, 1.82) is 0 Å². The quantitative estimate of drug-likeness (QED) is 0.909. The number of rotatable bonds is 2. The zero-order valence-electron chi connectivity index (χ0n) is 10.5. The Morgan fingerprint density at radius 3 is 2.84 bits per heavy atom. The fraction of sp³-hybridized carbons (Fsp3) is 0.615. The van der Waals surface area contributed by atoms with Crippen LogP contribution in [0.3, 0.4) is 0 Å². The first kappa shape index (κ1) is 13.6. The number of pyridine rings is 1. The van der Waals surface area contributed by atoms with Crippen molar-refractivity contribution >= 4 is 23.4 Å². The highest BCUT2D eigenvalue weighted by Gasteiger charge is 2.44. The van der Waals surface area contributed by atoms with Crippen LogP contribution in [-0.4, -0.2) is 35.3 Å². The van der Waals surface area contributed by atoms with E-state index in [1.54, 1.807) is 18.0 Å². The molecule has 1 spiro atoms. The number of hydrogen-bond acceptors (Lipinski definition) is 5. The van der Waals surface area contributed by atoms with Crippen LogP contribution in [0.25, 0.3) is 0 Å². The summed E-state index contributed by atoms with van der Waals surface area (Å²) in [5, 5.41) is 1.86. The zero-order valence-corrected chi connectivity index (χ0v) is 12.1. The number of nitrogens with two attached hydrogens (primary N) is 1. The number of thioether (sulfide) groups is 1. The second kappa shape index (κ2) is 5.58. The lowest BCUT2D eigenvalue weighted by atomic mass is 9.90. The number of aromatic nitrogens is 1. The van der Waals surface area contributed by atoms with Gasteiger partial charge in [-0.2, -0.15) is 0 Å². The average molecular weight is 301 g/mol. The molecule has 1 aromatic heterocycles. The maximum atomic E-state index is 6.22. The molecule has 2 heterocycles. The molecular weight excluding hydrogens is 284 g/mol. The van der Waals surface area contributed by atoms with E-state index in [1.807, 2.05) is 12.1 Å². The van der Waals surface area contributed by atoms with Gasteiger partial charge in [-0.3, -0.25) is 0 Å². The van der Waals surface area contributed by atoms with Gasteiger partial charge in [-0.25, -0.2) is 4.98 Å². The Balaban J connectivity index is 1.69. The number of ether oxygens (including phenoxy) is 2. The van der Waals surface area contributed by atoms with E-state index in [1.165, 1.54) is 0 Å². The third kappa shape index (κ3) is 3.06. The molecule has 2 unspecified atom stereocenters. The van der Waals surface area contributed by atoms with E-state index in [0.29, 0.717) is 18.2 Å². The fourth-order valence-corrected chi connectivity index (χ4v) is 3.94. The van der Waals surface area contributed by atoms with Crippen molar-refractivity contribution in [2.45, 2.75) is 41.4 Å². The Labute approximate surface area is 122 Å². The van der Waals surface area contributed by atoms with Crippen LogP contribution in [0.2, 0.25) is 5.02 Å². The van der Waals surface area contributed by atoms with Gasteiger partial charge >= 0.3 is 0 Å². The third-order valence-corrected chi connectivity index (χ3v) is 5.16. The fourth-order valence-electron chi connectivity index (χ4n) is 2.61. The summed E-state index contributed by atoms with van der Waals surface area (Å²) in [7, 11) is 0. The molecule has 4 nitrogen and oxygen atoms in total. The van der Waals surface area contributed by atoms with Crippen molar-refractivity contribution in [1.82, 2.24) is 4.98 Å². The summed E-state index contributed by atoms with van der Waals surface area (Å²) in [5.41, 5.74) is 6.22. The lowest BCUT2D eigenvalue weighted by Gasteiger charge is -2.39. The van der Waals surface area contributed by atoms with E-state index < -0.39 is 5.79 Å². The predicted molar refractivity (Wildman–Crippen MR) is 75.4 cm³/mol. The van der Waals surface area contributed by atoms with E-state index in [9.17, 15) is 0 Å². The minimum absolute atomic E-state index is 0.154. The van der Waals surface area contributed by atoms with Crippen LogP contribution in [-0.2, 0) is 9.47 Å². The molecule has 1 saturated heterocycles. The molecule has 0 amide bonds. The van der Waals surface area contributed by atoms with E-state index in [2.05, 4.69) is 4.98 Å². The van der Waals surface area contributed by atoms with Gasteiger partial charge in [0.05, 0.1) is 23.3 Å². The summed E-state index contributed by atoms with van der Waals surface area (Å²) in [5.74, 6) is -0.403. The molecule has 0 bridgehead atoms. The lowest BCUT2D eigenvalue weighted by Crippen LogP contribution is -2.47. The van der Waals surface area contributed by atoms with Crippen LogP contribution in [0.1, 0.15) is 19.3 Å². The van der Waals surface area contributed by atoms with E-state index >= 15 is 0 Å². The van der Waals surface area contributed by atoms with Gasteiger partial charge in [-0.1, -0.05) is 11.6 Å². The second-order valence-electron chi connectivity index (χ2n) is 4.99. The van der Waals surface area contributed by atoms with Gasteiger partial charge in [0.15, 0.2) is 5.79 Å². The first-order valence-corrected chi connectivity index (χ1v) is 7.74. The summed E-state index contributed by atoms with van der Waals surface area (Å²) >= 11 is 7.53. The zero-order chi connectivity index (χ0) is 13.3. The van der Waals surface area contributed by atoms with Crippen LogP contribution in [0.5, 0.6) is 0 Å². The molecule has 19 heavy (non-hydrogen) atoms. The molecular formula is C13H17ClN2O2S. The maximum Gasteiger partial charge on any atom is 0.169 e. The first-order chi connectivity index (χ1) is 9.17. The van der Waals surface area contributed by atoms with Crippen molar-refractivity contribution in [3.8, 4) is 0 Å². The van der Waals surface area contributed by atoms with Gasteiger partial charge in [0, 0.05) is 30.3 Å². The average Bonchev–Trinajstić information content (AvgIpc) is 2.85. The lowest BCUT2D eigenvalue weighted by molar-refractivity contribution is -0.176. The van der Waals surface area contributed by atoms with Gasteiger partial charge < -0.3 is 15.2 Å². The number of halogens is 1. The predicted octanol–water partition coefficient (Wildman–Crippen LogP) is 2.45. The Morgan fingerprint density at radius 2 is 2.16 bits per heavy atom. The normalized spacial score (nSPS) is 29.8. The Hall–Kier alpha value is -0.330. The van der Waals surface area contributed by atoms with E-state index in [4.69, 9.17) is 26.8 Å². The minimum Gasteiger partial charge on any atom is -0.347 e. The molecule has 104 valence electrons. The van der Waals surface area contributed by atoms with Gasteiger partial charge in [0.1, 0.15) is 0 Å². The smallest absolute Gasteiger partial charge is 0.169 e. The third-order valence-electron chi connectivity index (χ3n) is 3.63. The Morgan fingerprint density at radius 1 is 1.37 bits per heavy atom. The maximum absolute atomic E-state index is 6.22. The summed E-state index contributed by atoms with van der Waals surface area (Å²) in [4.78, 5) is 4.32. The molecule has 2 N–H and O–H groups in total. The minimum atomic E-state index is -0.403. The monoisotopic (exact) mass is 300 g/mol. The summed E-state index contributed by atoms with van der Waals surface area (Å²) < 4.78 is 11.6. The molecule has 2 atom stereocenters. The number of hydrogen-bond donors (Lipinski definition) is 1. The first-order valence-electron chi connectivity index (χ1n) is 6.49. The Kier molecular flexibility index (Phi) is 4.01. The van der Waals surface area contributed by atoms with Crippen molar-refractivity contribution in [2.75, 3.05) is 13.2 Å². The molecule has 6 heteroatoms. The highest BCUT2D eigenvalue weighted by atomic mass is 35.5. The SMILES string of the molecule is NC1CCC2(CC1Sc1ccc(Cl)cn1)OCCO2. The summed E-state index contributed by atoms with van der Waals surface area (Å²) in [6.07, 6.45) is 4.30. The molecule has 1 aliphatic carbocycles. The summed E-state index contributed by atoms with van der Waals surface area (Å²) in [6.45, 7) is 1.37. The molecule has 2 fully saturated rings. The van der Waals surface area contributed by atoms with Gasteiger partial charge in [-0.15, -0.1) is 11.8 Å². The molecule has 0 radical (unpaired) electrons. The van der Waals surface area contributed by atoms with Crippen molar-refractivity contribution in [2.24, 2.45) is 5.73 Å². The van der Waals surface area contributed by atoms with Crippen LogP contribution < -0.4 is 5.73 Å². The molecule has 1 aromatic rings. The topological polar surface area (TPSA) is 57.4 Å². The van der Waals surface area contributed by atoms with Crippen LogP contribution in [0, 0.1) is 0 Å². The van der Waals surface area contributed by atoms with Gasteiger partial charge in [0.25, 0.3) is 0 Å². The van der Waals surface area contributed by atoms with E-state index in [-0.39, 0.29) is 11.3 Å². The molecule has 1 aliphatic heterocycles. The summed E-state index contributed by atoms with van der Waals surface area (Å²) in [6, 6.07) is 3.93. The van der Waals surface area contributed by atoms with Crippen molar-refractivity contribution in [3.05, 3.63) is 23.4 Å². The van der Waals surface area contributed by atoms with Gasteiger partial charge in [0.2, 0.25) is 0 Å². The van der Waals surface area contributed by atoms with Crippen LogP contribution >= 0.6 is 23.4 Å². The number of nitrogens with zero attached hydrogens (tertiary/aromatic N) is 1. The standard InChI is InChI=1S/C13H17ClN2O2S/c14-9-1-2-12(16-8-9)19-11-7-13(4-3-10(11)15)17-5-6-18-13/h1-2,8,10-11H,3-7,15H2. The van der Waals surface area contributed by atoms with Gasteiger partial charge in [-0.05, 0) is 18.6 Å². The Bertz CT molecular complexity index is 437. The highest BCUT2D eigenvalue weighted by molar-refractivity contribution is 7.99. The van der Waals surface area contributed by atoms with E-state index in [0.717, 1.165) is 24.3 Å². The van der Waals surface area contributed by atoms with Crippen molar-refractivity contribution < 1.29 is 9.47 Å². The highest BCUT2D eigenvalue weighted by Crippen LogP contribution is 2.41. The van der Waals surface area contributed by atoms with Crippen LogP contribution in [0.15, 0.2) is 23.4 Å². The molecule has 0 aromatic carbocycles. The van der Waals surface area contributed by atoms with Crippen LogP contribution in [0.4, 0.5) is 0 Å². The second-order valence-corrected chi connectivity index (χ2v) is 6.68. The molecule has 2 aliphatic rings. The largest absolute Gasteiger partial charge is 0.347 e. The molecule has 1 saturated carbocycles. The van der Waals surface area contributed by atoms with Crippen molar-refractivity contribution in [3.63, 3.8) is 0 Å².